The van der Waals surface area contributed by atoms with Gasteiger partial charge in [-0.2, -0.15) is 0 Å². The number of benzene rings is 2. The highest BCUT2D eigenvalue weighted by atomic mass is 35.5. The lowest BCUT2D eigenvalue weighted by atomic mass is 10.1. The minimum Gasteiger partial charge on any atom is -0.477 e. The van der Waals surface area contributed by atoms with Crippen molar-refractivity contribution >= 4 is 35.2 Å². The molecule has 2 aromatic rings. The van der Waals surface area contributed by atoms with E-state index in [1.54, 1.807) is 12.1 Å². The normalized spacial score (nSPS) is 11.0. The number of nitrogens with one attached hydrogen (secondary N) is 1. The van der Waals surface area contributed by atoms with Gasteiger partial charge in [0.25, 0.3) is 11.6 Å². The molecule has 0 saturated carbocycles. The predicted octanol–water partition coefficient (Wildman–Crippen LogP) is 3.10. The number of nitrogens with zero attached hydrogens (tertiary/aromatic N) is 1. The number of halogens is 1. The number of nitro groups is 1. The van der Waals surface area contributed by atoms with Gasteiger partial charge in [-0.1, -0.05) is 35.9 Å². The van der Waals surface area contributed by atoms with Crippen LogP contribution in [0.25, 0.3) is 6.08 Å². The predicted molar refractivity (Wildman–Crippen MR) is 87.6 cm³/mol. The molecule has 0 atom stereocenters. The maximum Gasteiger partial charge on any atom is 0.352 e. The summed E-state index contributed by atoms with van der Waals surface area (Å²) in [5.74, 6) is -2.08. The minimum absolute atomic E-state index is 0.116. The number of aliphatic carboxylic acids is 1. The summed E-state index contributed by atoms with van der Waals surface area (Å²) in [6, 6.07) is 11.6. The second-order valence-corrected chi connectivity index (χ2v) is 5.06. The molecule has 0 aliphatic heterocycles. The van der Waals surface area contributed by atoms with E-state index >= 15 is 0 Å². The first kappa shape index (κ1) is 17.2. The molecule has 0 aliphatic rings. The van der Waals surface area contributed by atoms with Crippen molar-refractivity contribution < 1.29 is 19.6 Å². The van der Waals surface area contributed by atoms with Gasteiger partial charge in [-0.15, -0.1) is 0 Å². The van der Waals surface area contributed by atoms with Crippen molar-refractivity contribution in [3.8, 4) is 0 Å². The molecule has 122 valence electrons. The first-order chi connectivity index (χ1) is 11.4. The van der Waals surface area contributed by atoms with Crippen molar-refractivity contribution in [2.75, 3.05) is 0 Å². The second-order valence-electron chi connectivity index (χ2n) is 4.65. The highest BCUT2D eigenvalue weighted by Gasteiger charge is 2.16. The Morgan fingerprint density at radius 1 is 1.17 bits per heavy atom. The van der Waals surface area contributed by atoms with Crippen molar-refractivity contribution in [2.45, 2.75) is 0 Å². The van der Waals surface area contributed by atoms with Gasteiger partial charge in [0.15, 0.2) is 0 Å². The lowest BCUT2D eigenvalue weighted by Crippen LogP contribution is -2.27. The van der Waals surface area contributed by atoms with Crippen LogP contribution in [-0.2, 0) is 4.79 Å². The third-order valence-corrected chi connectivity index (χ3v) is 3.32. The van der Waals surface area contributed by atoms with Crippen LogP contribution in [0.3, 0.4) is 0 Å². The topological polar surface area (TPSA) is 110 Å². The van der Waals surface area contributed by atoms with Gasteiger partial charge < -0.3 is 10.4 Å². The molecule has 0 heterocycles. The van der Waals surface area contributed by atoms with Gasteiger partial charge in [-0.25, -0.2) is 4.79 Å². The maximum atomic E-state index is 12.1. The Kier molecular flexibility index (Phi) is 5.28. The summed E-state index contributed by atoms with van der Waals surface area (Å²) in [6.07, 6.45) is 1.13. The van der Waals surface area contributed by atoms with Gasteiger partial charge >= 0.3 is 5.97 Å². The smallest absolute Gasteiger partial charge is 0.352 e. The Morgan fingerprint density at radius 2 is 1.88 bits per heavy atom. The third-order valence-electron chi connectivity index (χ3n) is 2.99. The lowest BCUT2D eigenvalue weighted by Gasteiger charge is -2.07. The first-order valence-electron chi connectivity index (χ1n) is 6.64. The zero-order valence-electron chi connectivity index (χ0n) is 12.1. The Hall–Kier alpha value is -3.19. The average Bonchev–Trinajstić information content (AvgIpc) is 2.54. The van der Waals surface area contributed by atoms with Crippen LogP contribution in [-0.4, -0.2) is 21.9 Å². The van der Waals surface area contributed by atoms with Gasteiger partial charge in [0.05, 0.1) is 15.5 Å². The number of hydrogen-bond donors (Lipinski definition) is 2. The molecule has 0 aliphatic carbocycles. The number of carboxylic acids is 1. The molecule has 2 aromatic carbocycles. The lowest BCUT2D eigenvalue weighted by molar-refractivity contribution is -0.384. The van der Waals surface area contributed by atoms with E-state index in [2.05, 4.69) is 5.32 Å². The molecule has 1 amide bonds. The molecule has 2 N–H and O–H groups in total. The first-order valence-corrected chi connectivity index (χ1v) is 7.01. The van der Waals surface area contributed by atoms with Gasteiger partial charge in [0.2, 0.25) is 0 Å². The Labute approximate surface area is 141 Å². The molecule has 0 unspecified atom stereocenters. The number of rotatable bonds is 5. The van der Waals surface area contributed by atoms with Crippen molar-refractivity contribution in [3.05, 3.63) is 80.5 Å². The summed E-state index contributed by atoms with van der Waals surface area (Å²) in [5, 5.41) is 22.4. The molecule has 8 heteroatoms. The van der Waals surface area contributed by atoms with Crippen LogP contribution in [0.5, 0.6) is 0 Å². The van der Waals surface area contributed by atoms with Crippen molar-refractivity contribution in [3.63, 3.8) is 0 Å². The number of carbonyl (C=O) groups is 2. The number of amides is 1. The van der Waals surface area contributed by atoms with Crippen molar-refractivity contribution in [1.82, 2.24) is 5.32 Å². The Bertz CT molecular complexity index is 848. The summed E-state index contributed by atoms with van der Waals surface area (Å²) < 4.78 is 0. The molecule has 0 aromatic heterocycles. The van der Waals surface area contributed by atoms with Crippen LogP contribution < -0.4 is 5.32 Å². The summed E-state index contributed by atoms with van der Waals surface area (Å²) >= 11 is 5.90. The number of non-ortho nitro benzene ring substituents is 1. The molecular formula is C16H11ClN2O5. The van der Waals surface area contributed by atoms with E-state index in [-0.39, 0.29) is 21.8 Å². The van der Waals surface area contributed by atoms with Crippen LogP contribution in [0.4, 0.5) is 5.69 Å². The number of nitro benzene ring substituents is 1. The largest absolute Gasteiger partial charge is 0.477 e. The van der Waals surface area contributed by atoms with Crippen molar-refractivity contribution in [2.24, 2.45) is 0 Å². The standard InChI is InChI=1S/C16H11ClN2O5/c17-13-7-2-1-6-12(13)15(20)18-14(16(21)22)9-10-4-3-5-11(8-10)19(23)24/h1-9H,(H,18,20)(H,21,22). The third kappa shape index (κ3) is 4.17. The fraction of sp³-hybridized carbons (Fsp3) is 0. The van der Waals surface area contributed by atoms with Crippen LogP contribution in [0, 0.1) is 10.1 Å². The summed E-state index contributed by atoms with van der Waals surface area (Å²) in [5.41, 5.74) is -0.238. The van der Waals surface area contributed by atoms with Crippen LogP contribution >= 0.6 is 11.6 Å². The fourth-order valence-corrected chi connectivity index (χ4v) is 2.10. The quantitative estimate of drug-likeness (QED) is 0.491. The Morgan fingerprint density at radius 3 is 2.50 bits per heavy atom. The molecule has 2 rings (SSSR count). The van der Waals surface area contributed by atoms with E-state index in [4.69, 9.17) is 11.6 Å². The van der Waals surface area contributed by atoms with E-state index in [0.29, 0.717) is 0 Å². The van der Waals surface area contributed by atoms with Gasteiger partial charge in [0.1, 0.15) is 5.70 Å². The Balaban J connectivity index is 2.31. The summed E-state index contributed by atoms with van der Waals surface area (Å²) in [7, 11) is 0. The van der Waals surface area contributed by atoms with E-state index < -0.39 is 22.5 Å². The molecule has 0 spiro atoms. The maximum absolute atomic E-state index is 12.1. The minimum atomic E-state index is -1.39. The number of hydrogen-bond acceptors (Lipinski definition) is 4. The van der Waals surface area contributed by atoms with E-state index in [1.165, 1.54) is 36.4 Å². The zero-order chi connectivity index (χ0) is 17.7. The number of carbonyl (C=O) groups excluding carboxylic acids is 1. The van der Waals surface area contributed by atoms with Crippen LogP contribution in [0.15, 0.2) is 54.2 Å². The summed E-state index contributed by atoms with van der Waals surface area (Å²) in [6.45, 7) is 0. The van der Waals surface area contributed by atoms with Crippen LogP contribution in [0.2, 0.25) is 5.02 Å². The van der Waals surface area contributed by atoms with Gasteiger partial charge in [0, 0.05) is 12.1 Å². The molecule has 0 bridgehead atoms. The average molecular weight is 347 g/mol. The number of carboxylic acid groups (broad SMARTS) is 1. The van der Waals surface area contributed by atoms with E-state index in [1.807, 2.05) is 0 Å². The van der Waals surface area contributed by atoms with E-state index in [9.17, 15) is 24.8 Å². The molecule has 7 nitrogen and oxygen atoms in total. The fourth-order valence-electron chi connectivity index (χ4n) is 1.88. The summed E-state index contributed by atoms with van der Waals surface area (Å²) in [4.78, 5) is 33.6. The zero-order valence-corrected chi connectivity index (χ0v) is 12.9. The van der Waals surface area contributed by atoms with Crippen molar-refractivity contribution in [1.29, 1.82) is 0 Å². The monoisotopic (exact) mass is 346 g/mol. The molecule has 0 fully saturated rings. The van der Waals surface area contributed by atoms with Crippen LogP contribution in [0.1, 0.15) is 15.9 Å². The van der Waals surface area contributed by atoms with Gasteiger partial charge in [-0.05, 0) is 23.8 Å². The highest BCUT2D eigenvalue weighted by Crippen LogP contribution is 2.17. The molecule has 24 heavy (non-hydrogen) atoms. The molecular weight excluding hydrogens is 336 g/mol. The van der Waals surface area contributed by atoms with Gasteiger partial charge in [-0.3, -0.25) is 14.9 Å². The van der Waals surface area contributed by atoms with E-state index in [0.717, 1.165) is 6.08 Å². The highest BCUT2D eigenvalue weighted by molar-refractivity contribution is 6.34. The SMILES string of the molecule is O=C(O)C(=Cc1cccc([N+](=O)[O-])c1)NC(=O)c1ccccc1Cl. The molecule has 0 radical (unpaired) electrons. The second kappa shape index (κ2) is 7.38. The molecule has 0 saturated heterocycles.